The van der Waals surface area contributed by atoms with Gasteiger partial charge in [0.2, 0.25) is 5.91 Å². The zero-order valence-corrected chi connectivity index (χ0v) is 13.6. The largest absolute Gasteiger partial charge is 0.481 e. The zero-order valence-electron chi connectivity index (χ0n) is 13.6. The second-order valence-electron chi connectivity index (χ2n) is 6.49. The summed E-state index contributed by atoms with van der Waals surface area (Å²) in [5.74, 6) is -1.18. The summed E-state index contributed by atoms with van der Waals surface area (Å²) in [6.45, 7) is 8.03. The van der Waals surface area contributed by atoms with Crippen LogP contribution in [0.25, 0.3) is 0 Å². The highest BCUT2D eigenvalue weighted by Gasteiger charge is 2.47. The topological polar surface area (TPSA) is 108 Å². The molecule has 1 saturated heterocycles. The number of likely N-dealkylation sites (tertiary alicyclic amines) is 1. The molecule has 0 bridgehead atoms. The first-order valence-corrected chi connectivity index (χ1v) is 7.28. The van der Waals surface area contributed by atoms with Crippen LogP contribution in [0.2, 0.25) is 0 Å². The lowest BCUT2D eigenvalue weighted by molar-refractivity contribution is -0.141. The minimum Gasteiger partial charge on any atom is -0.481 e. The average Bonchev–Trinajstić information content (AvgIpc) is 2.29. The van der Waals surface area contributed by atoms with Gasteiger partial charge in [-0.2, -0.15) is 0 Å². The van der Waals surface area contributed by atoms with E-state index in [1.807, 2.05) is 0 Å². The first-order valence-electron chi connectivity index (χ1n) is 7.28. The Kier molecular flexibility index (Phi) is 5.76. The summed E-state index contributed by atoms with van der Waals surface area (Å²) in [5, 5.41) is 14.6. The van der Waals surface area contributed by atoms with Crippen LogP contribution in [-0.4, -0.2) is 65.3 Å². The average molecular weight is 315 g/mol. The van der Waals surface area contributed by atoms with Crippen molar-refractivity contribution in [2.45, 2.75) is 45.3 Å². The van der Waals surface area contributed by atoms with E-state index in [0.717, 1.165) is 0 Å². The third-order valence-corrected chi connectivity index (χ3v) is 3.13. The quantitative estimate of drug-likeness (QED) is 0.645. The molecule has 0 spiro atoms. The van der Waals surface area contributed by atoms with E-state index in [0.29, 0.717) is 6.54 Å². The van der Waals surface area contributed by atoms with E-state index in [2.05, 4.69) is 10.6 Å². The molecule has 3 N–H and O–H groups in total. The van der Waals surface area contributed by atoms with Crippen molar-refractivity contribution in [3.05, 3.63) is 0 Å². The van der Waals surface area contributed by atoms with Crippen molar-refractivity contribution in [2.75, 3.05) is 26.2 Å². The lowest BCUT2D eigenvalue weighted by atomic mass is 9.86. The standard InChI is InChI=1S/C14H25N3O5/c1-5-15-10(18)7-16-14(6-11(19)20)8-17(9-14)12(21)22-13(2,3)4/h16H,5-9H2,1-4H3,(H,15,18)(H,19,20). The van der Waals surface area contributed by atoms with E-state index >= 15 is 0 Å². The van der Waals surface area contributed by atoms with Gasteiger partial charge in [-0.25, -0.2) is 4.79 Å². The third kappa shape index (κ3) is 5.51. The number of carbonyl (C=O) groups excluding carboxylic acids is 2. The molecule has 0 atom stereocenters. The molecular formula is C14H25N3O5. The third-order valence-electron chi connectivity index (χ3n) is 3.13. The highest BCUT2D eigenvalue weighted by molar-refractivity contribution is 5.78. The fourth-order valence-corrected chi connectivity index (χ4v) is 2.24. The summed E-state index contributed by atoms with van der Waals surface area (Å²) in [6, 6.07) is 0. The van der Waals surface area contributed by atoms with Gasteiger partial charge in [0, 0.05) is 19.6 Å². The molecule has 1 aliphatic heterocycles. The molecule has 8 nitrogen and oxygen atoms in total. The lowest BCUT2D eigenvalue weighted by Crippen LogP contribution is -2.72. The first kappa shape index (κ1) is 18.2. The summed E-state index contributed by atoms with van der Waals surface area (Å²) in [7, 11) is 0. The van der Waals surface area contributed by atoms with Crippen molar-refractivity contribution in [3.8, 4) is 0 Å². The maximum atomic E-state index is 11.9. The smallest absolute Gasteiger partial charge is 0.410 e. The minimum atomic E-state index is -0.979. The minimum absolute atomic E-state index is 0.0171. The number of hydrogen-bond donors (Lipinski definition) is 3. The number of amides is 2. The van der Waals surface area contributed by atoms with Gasteiger partial charge in [0.05, 0.1) is 18.5 Å². The van der Waals surface area contributed by atoms with Crippen LogP contribution in [0.4, 0.5) is 4.79 Å². The molecule has 0 unspecified atom stereocenters. The highest BCUT2D eigenvalue weighted by atomic mass is 16.6. The number of carboxylic acid groups (broad SMARTS) is 1. The number of hydrogen-bond acceptors (Lipinski definition) is 5. The van der Waals surface area contributed by atoms with Crippen molar-refractivity contribution in [1.29, 1.82) is 0 Å². The molecule has 8 heteroatoms. The van der Waals surface area contributed by atoms with Crippen molar-refractivity contribution in [3.63, 3.8) is 0 Å². The maximum Gasteiger partial charge on any atom is 0.410 e. The SMILES string of the molecule is CCNC(=O)CNC1(CC(=O)O)CN(C(=O)OC(C)(C)C)C1. The van der Waals surface area contributed by atoms with Crippen LogP contribution in [0.3, 0.4) is 0 Å². The van der Waals surface area contributed by atoms with E-state index < -0.39 is 23.2 Å². The molecule has 1 fully saturated rings. The Balaban J connectivity index is 2.57. The Bertz CT molecular complexity index is 438. The Morgan fingerprint density at radius 1 is 1.27 bits per heavy atom. The zero-order chi connectivity index (χ0) is 17.0. The van der Waals surface area contributed by atoms with Crippen molar-refractivity contribution < 1.29 is 24.2 Å². The molecule has 22 heavy (non-hydrogen) atoms. The fraction of sp³-hybridized carbons (Fsp3) is 0.786. The molecule has 0 radical (unpaired) electrons. The summed E-state index contributed by atoms with van der Waals surface area (Å²) in [6.07, 6.45) is -0.639. The molecule has 1 aliphatic rings. The van der Waals surface area contributed by atoms with Gasteiger partial charge in [0.1, 0.15) is 5.60 Å². The van der Waals surface area contributed by atoms with Gasteiger partial charge in [0.15, 0.2) is 0 Å². The van der Waals surface area contributed by atoms with Gasteiger partial charge >= 0.3 is 12.1 Å². The lowest BCUT2D eigenvalue weighted by Gasteiger charge is -2.49. The summed E-state index contributed by atoms with van der Waals surface area (Å²) in [5.41, 5.74) is -1.38. The first-order chi connectivity index (χ1) is 10.1. The number of aliphatic carboxylic acids is 1. The summed E-state index contributed by atoms with van der Waals surface area (Å²) < 4.78 is 5.24. The Morgan fingerprint density at radius 3 is 2.32 bits per heavy atom. The van der Waals surface area contributed by atoms with E-state index in [1.54, 1.807) is 27.7 Å². The van der Waals surface area contributed by atoms with Crippen molar-refractivity contribution in [2.24, 2.45) is 0 Å². The number of carbonyl (C=O) groups is 3. The molecule has 2 amide bonds. The summed E-state index contributed by atoms with van der Waals surface area (Å²) in [4.78, 5) is 35.8. The summed E-state index contributed by atoms with van der Waals surface area (Å²) >= 11 is 0. The second-order valence-corrected chi connectivity index (χ2v) is 6.49. The molecule has 0 aromatic rings. The molecule has 126 valence electrons. The van der Waals surface area contributed by atoms with Gasteiger partial charge in [-0.1, -0.05) is 0 Å². The van der Waals surface area contributed by atoms with Crippen LogP contribution < -0.4 is 10.6 Å². The van der Waals surface area contributed by atoms with Crippen LogP contribution in [0.15, 0.2) is 0 Å². The van der Waals surface area contributed by atoms with E-state index in [4.69, 9.17) is 9.84 Å². The molecular weight excluding hydrogens is 290 g/mol. The van der Waals surface area contributed by atoms with Gasteiger partial charge in [0.25, 0.3) is 0 Å². The van der Waals surface area contributed by atoms with Gasteiger partial charge in [-0.05, 0) is 27.7 Å². The van der Waals surface area contributed by atoms with Crippen LogP contribution in [-0.2, 0) is 14.3 Å². The van der Waals surface area contributed by atoms with Crippen molar-refractivity contribution >= 4 is 18.0 Å². The highest BCUT2D eigenvalue weighted by Crippen LogP contribution is 2.26. The predicted octanol–water partition coefficient (Wildman–Crippen LogP) is 0.176. The van der Waals surface area contributed by atoms with Gasteiger partial charge < -0.3 is 20.1 Å². The number of likely N-dealkylation sites (N-methyl/N-ethyl adjacent to an activating group) is 1. The van der Waals surface area contributed by atoms with Gasteiger partial charge in [-0.3, -0.25) is 14.9 Å². The predicted molar refractivity (Wildman–Crippen MR) is 79.5 cm³/mol. The van der Waals surface area contributed by atoms with Crippen LogP contribution >= 0.6 is 0 Å². The molecule has 0 aliphatic carbocycles. The molecule has 1 rings (SSSR count). The molecule has 1 heterocycles. The number of nitrogens with one attached hydrogen (secondary N) is 2. The van der Waals surface area contributed by atoms with Crippen LogP contribution in [0, 0.1) is 0 Å². The van der Waals surface area contributed by atoms with Gasteiger partial charge in [-0.15, -0.1) is 0 Å². The van der Waals surface area contributed by atoms with E-state index in [-0.39, 0.29) is 32.0 Å². The van der Waals surface area contributed by atoms with Crippen LogP contribution in [0.5, 0.6) is 0 Å². The normalized spacial score (nSPS) is 16.6. The van der Waals surface area contributed by atoms with E-state index in [9.17, 15) is 14.4 Å². The monoisotopic (exact) mass is 315 g/mol. The molecule has 0 aromatic heterocycles. The Morgan fingerprint density at radius 2 is 1.86 bits per heavy atom. The number of nitrogens with zero attached hydrogens (tertiary/aromatic N) is 1. The molecule has 0 aromatic carbocycles. The number of rotatable bonds is 6. The molecule has 0 saturated carbocycles. The maximum absolute atomic E-state index is 11.9. The second kappa shape index (κ2) is 6.95. The van der Waals surface area contributed by atoms with Crippen molar-refractivity contribution in [1.82, 2.24) is 15.5 Å². The number of ether oxygens (including phenoxy) is 1. The number of carboxylic acids is 1. The van der Waals surface area contributed by atoms with Crippen LogP contribution in [0.1, 0.15) is 34.1 Å². The van der Waals surface area contributed by atoms with E-state index in [1.165, 1.54) is 4.90 Å². The Labute approximate surface area is 130 Å². The fourth-order valence-electron chi connectivity index (χ4n) is 2.24. The Hall–Kier alpha value is -1.83.